The number of nitrogens with zero attached hydrogens (tertiary/aromatic N) is 1. The number of rotatable bonds is 4. The average molecular weight is 248 g/mol. The molecule has 0 aliphatic rings. The number of benzene rings is 1. The Hall–Kier alpha value is -1.42. The molecule has 0 saturated carbocycles. The van der Waals surface area contributed by atoms with Crippen LogP contribution in [0.3, 0.4) is 0 Å². The fourth-order valence-corrected chi connectivity index (χ4v) is 1.85. The van der Waals surface area contributed by atoms with Crippen LogP contribution in [0.15, 0.2) is 48.8 Å². The molecule has 1 aromatic carbocycles. The molecule has 3 N–H and O–H groups in total. The molecule has 3 nitrogen and oxygen atoms in total. The lowest BCUT2D eigenvalue weighted by atomic mass is 10.0. The van der Waals surface area contributed by atoms with Crippen LogP contribution in [0, 0.1) is 0 Å². The van der Waals surface area contributed by atoms with Crippen molar-refractivity contribution in [3.63, 3.8) is 0 Å². The van der Waals surface area contributed by atoms with Crippen LogP contribution >= 0.6 is 11.6 Å². The van der Waals surface area contributed by atoms with Crippen LogP contribution in [0.1, 0.15) is 17.2 Å². The molecule has 17 heavy (non-hydrogen) atoms. The van der Waals surface area contributed by atoms with Gasteiger partial charge < -0.3 is 0 Å². The highest BCUT2D eigenvalue weighted by Gasteiger charge is 2.10. The third-order valence-corrected chi connectivity index (χ3v) is 2.89. The molecular weight excluding hydrogens is 234 g/mol. The van der Waals surface area contributed by atoms with Gasteiger partial charge in [0.1, 0.15) is 0 Å². The van der Waals surface area contributed by atoms with Gasteiger partial charge in [-0.25, -0.2) is 0 Å². The minimum atomic E-state index is 0.0662. The van der Waals surface area contributed by atoms with Crippen LogP contribution < -0.4 is 11.3 Å². The first kappa shape index (κ1) is 12.0. The second kappa shape index (κ2) is 5.77. The SMILES string of the molecule is NNC(Cc1cccnc1)c1ccc(Cl)cc1. The molecule has 0 aliphatic carbocycles. The Morgan fingerprint density at radius 2 is 2.00 bits per heavy atom. The molecule has 1 unspecified atom stereocenters. The lowest BCUT2D eigenvalue weighted by molar-refractivity contribution is 0.551. The van der Waals surface area contributed by atoms with Gasteiger partial charge in [0.05, 0.1) is 6.04 Å². The van der Waals surface area contributed by atoms with Crippen LogP contribution in [-0.2, 0) is 6.42 Å². The van der Waals surface area contributed by atoms with Crippen LogP contribution in [0.5, 0.6) is 0 Å². The normalized spacial score (nSPS) is 12.4. The summed E-state index contributed by atoms with van der Waals surface area (Å²) in [5, 5.41) is 0.728. The van der Waals surface area contributed by atoms with Crippen molar-refractivity contribution in [2.24, 2.45) is 5.84 Å². The smallest absolute Gasteiger partial charge is 0.0500 e. The standard InChI is InChI=1S/C13H14ClN3/c14-12-5-3-11(4-6-12)13(17-15)8-10-2-1-7-16-9-10/h1-7,9,13,17H,8,15H2. The molecule has 4 heteroatoms. The molecule has 0 bridgehead atoms. The fraction of sp³-hybridized carbons (Fsp3) is 0.154. The highest BCUT2D eigenvalue weighted by Crippen LogP contribution is 2.19. The molecule has 1 heterocycles. The van der Waals surface area contributed by atoms with E-state index >= 15 is 0 Å². The Labute approximate surface area is 106 Å². The number of aromatic nitrogens is 1. The van der Waals surface area contributed by atoms with E-state index in [9.17, 15) is 0 Å². The summed E-state index contributed by atoms with van der Waals surface area (Å²) in [5.41, 5.74) is 5.07. The van der Waals surface area contributed by atoms with Crippen molar-refractivity contribution in [1.29, 1.82) is 0 Å². The van der Waals surface area contributed by atoms with Gasteiger partial charge in [-0.1, -0.05) is 29.8 Å². The summed E-state index contributed by atoms with van der Waals surface area (Å²) >= 11 is 5.86. The maximum atomic E-state index is 5.86. The number of nitrogens with two attached hydrogens (primary N) is 1. The van der Waals surface area contributed by atoms with E-state index in [-0.39, 0.29) is 6.04 Å². The van der Waals surface area contributed by atoms with Crippen LogP contribution in [0.25, 0.3) is 0 Å². The number of pyridine rings is 1. The van der Waals surface area contributed by atoms with E-state index in [1.165, 1.54) is 0 Å². The van der Waals surface area contributed by atoms with E-state index < -0.39 is 0 Å². The molecule has 88 valence electrons. The number of hydrogen-bond donors (Lipinski definition) is 2. The third kappa shape index (κ3) is 3.27. The molecule has 0 aliphatic heterocycles. The van der Waals surface area contributed by atoms with Crippen molar-refractivity contribution >= 4 is 11.6 Å². The van der Waals surface area contributed by atoms with E-state index in [4.69, 9.17) is 17.4 Å². The molecule has 0 amide bonds. The van der Waals surface area contributed by atoms with E-state index in [1.807, 2.05) is 42.6 Å². The summed E-state index contributed by atoms with van der Waals surface area (Å²) in [6, 6.07) is 11.7. The van der Waals surface area contributed by atoms with Gasteiger partial charge in [-0.3, -0.25) is 16.3 Å². The Morgan fingerprint density at radius 3 is 2.59 bits per heavy atom. The molecule has 1 atom stereocenters. The number of halogens is 1. The molecule has 0 radical (unpaired) electrons. The Balaban J connectivity index is 2.14. The van der Waals surface area contributed by atoms with E-state index in [0.717, 1.165) is 22.6 Å². The lowest BCUT2D eigenvalue weighted by Gasteiger charge is -2.16. The highest BCUT2D eigenvalue weighted by atomic mass is 35.5. The Morgan fingerprint density at radius 1 is 1.24 bits per heavy atom. The van der Waals surface area contributed by atoms with Gasteiger partial charge in [0, 0.05) is 17.4 Å². The van der Waals surface area contributed by atoms with Crippen molar-refractivity contribution in [3.05, 3.63) is 64.9 Å². The summed E-state index contributed by atoms with van der Waals surface area (Å²) in [6.07, 6.45) is 4.41. The van der Waals surface area contributed by atoms with Gasteiger partial charge in [-0.15, -0.1) is 0 Å². The zero-order valence-corrected chi connectivity index (χ0v) is 10.1. The first-order valence-electron chi connectivity index (χ1n) is 5.40. The zero-order chi connectivity index (χ0) is 12.1. The van der Waals surface area contributed by atoms with Crippen molar-refractivity contribution < 1.29 is 0 Å². The molecule has 0 saturated heterocycles. The first-order valence-corrected chi connectivity index (χ1v) is 5.78. The largest absolute Gasteiger partial charge is 0.271 e. The molecule has 0 fully saturated rings. The Bertz CT molecular complexity index is 456. The second-order valence-corrected chi connectivity index (χ2v) is 4.27. The highest BCUT2D eigenvalue weighted by molar-refractivity contribution is 6.30. The van der Waals surface area contributed by atoms with Gasteiger partial charge in [0.15, 0.2) is 0 Å². The maximum absolute atomic E-state index is 5.86. The summed E-state index contributed by atoms with van der Waals surface area (Å²) in [7, 11) is 0. The lowest BCUT2D eigenvalue weighted by Crippen LogP contribution is -2.29. The number of hydrazine groups is 1. The second-order valence-electron chi connectivity index (χ2n) is 3.84. The zero-order valence-electron chi connectivity index (χ0n) is 9.31. The van der Waals surface area contributed by atoms with Crippen LogP contribution in [0.4, 0.5) is 0 Å². The first-order chi connectivity index (χ1) is 8.29. The monoisotopic (exact) mass is 247 g/mol. The van der Waals surface area contributed by atoms with E-state index in [0.29, 0.717) is 0 Å². The predicted molar refractivity (Wildman–Crippen MR) is 69.5 cm³/mol. The minimum Gasteiger partial charge on any atom is -0.271 e. The quantitative estimate of drug-likeness (QED) is 0.645. The van der Waals surface area contributed by atoms with Crippen LogP contribution in [0.2, 0.25) is 5.02 Å². The molecule has 0 spiro atoms. The van der Waals surface area contributed by atoms with Gasteiger partial charge in [-0.2, -0.15) is 0 Å². The van der Waals surface area contributed by atoms with Crippen LogP contribution in [-0.4, -0.2) is 4.98 Å². The van der Waals surface area contributed by atoms with Gasteiger partial charge in [-0.05, 0) is 35.7 Å². The van der Waals surface area contributed by atoms with Crippen molar-refractivity contribution in [3.8, 4) is 0 Å². The van der Waals surface area contributed by atoms with Crippen molar-refractivity contribution in [2.45, 2.75) is 12.5 Å². The molecule has 2 aromatic rings. The summed E-state index contributed by atoms with van der Waals surface area (Å²) in [5.74, 6) is 5.59. The fourth-order valence-electron chi connectivity index (χ4n) is 1.72. The molecule has 2 rings (SSSR count). The number of hydrogen-bond acceptors (Lipinski definition) is 3. The van der Waals surface area contributed by atoms with Crippen molar-refractivity contribution in [1.82, 2.24) is 10.4 Å². The van der Waals surface area contributed by atoms with Gasteiger partial charge >= 0.3 is 0 Å². The van der Waals surface area contributed by atoms with Gasteiger partial charge in [0.2, 0.25) is 0 Å². The van der Waals surface area contributed by atoms with Crippen molar-refractivity contribution in [2.75, 3.05) is 0 Å². The average Bonchev–Trinajstić information content (AvgIpc) is 2.38. The molecule has 1 aromatic heterocycles. The minimum absolute atomic E-state index is 0.0662. The number of nitrogens with one attached hydrogen (secondary N) is 1. The predicted octanol–water partition coefficient (Wildman–Crippen LogP) is 2.48. The van der Waals surface area contributed by atoms with E-state index in [2.05, 4.69) is 10.4 Å². The van der Waals surface area contributed by atoms with E-state index in [1.54, 1.807) is 6.20 Å². The third-order valence-electron chi connectivity index (χ3n) is 2.64. The molecular formula is C13H14ClN3. The summed E-state index contributed by atoms with van der Waals surface area (Å²) in [4.78, 5) is 4.09. The maximum Gasteiger partial charge on any atom is 0.0500 e. The topological polar surface area (TPSA) is 50.9 Å². The van der Waals surface area contributed by atoms with Gasteiger partial charge in [0.25, 0.3) is 0 Å². The Kier molecular flexibility index (Phi) is 4.09. The summed E-state index contributed by atoms with van der Waals surface area (Å²) < 4.78 is 0. The summed E-state index contributed by atoms with van der Waals surface area (Å²) in [6.45, 7) is 0.